The van der Waals surface area contributed by atoms with E-state index in [4.69, 9.17) is 4.74 Å². The summed E-state index contributed by atoms with van der Waals surface area (Å²) in [5.74, 6) is 1.08. The molecule has 0 bridgehead atoms. The second kappa shape index (κ2) is 5.81. The fourth-order valence-electron chi connectivity index (χ4n) is 3.78. The van der Waals surface area contributed by atoms with E-state index in [1.807, 2.05) is 7.11 Å². The zero-order valence-corrected chi connectivity index (χ0v) is 13.8. The number of thiophene rings is 1. The Hall–Kier alpha value is -1.74. The molecule has 2 nitrogen and oxygen atoms in total. The molecule has 0 fully saturated rings. The van der Waals surface area contributed by atoms with E-state index in [0.29, 0.717) is 0 Å². The van der Waals surface area contributed by atoms with Gasteiger partial charge in [-0.3, -0.25) is 0 Å². The van der Waals surface area contributed by atoms with Gasteiger partial charge in [-0.25, -0.2) is 0 Å². The first kappa shape index (κ1) is 13.9. The number of ether oxygens (including phenoxy) is 1. The molecule has 114 valence electrons. The minimum absolute atomic E-state index is 1.08. The number of aryl methyl sites for hydroxylation is 1. The molecule has 2 aromatic rings. The number of hydrogen-bond acceptors (Lipinski definition) is 3. The first-order valence-corrected chi connectivity index (χ1v) is 8.94. The van der Waals surface area contributed by atoms with Crippen molar-refractivity contribution in [2.24, 2.45) is 0 Å². The van der Waals surface area contributed by atoms with Gasteiger partial charge >= 0.3 is 0 Å². The van der Waals surface area contributed by atoms with Gasteiger partial charge in [0, 0.05) is 34.8 Å². The summed E-state index contributed by atoms with van der Waals surface area (Å²) in [5.41, 5.74) is 5.64. The fourth-order valence-corrected chi connectivity index (χ4v) is 4.40. The Morgan fingerprint density at radius 3 is 2.82 bits per heavy atom. The summed E-state index contributed by atoms with van der Waals surface area (Å²) in [6.07, 6.45) is 9.26. The van der Waals surface area contributed by atoms with Gasteiger partial charge in [0.1, 0.15) is 5.75 Å². The maximum atomic E-state index is 5.81. The topological polar surface area (TPSA) is 12.5 Å². The molecule has 0 aliphatic carbocycles. The molecule has 0 unspecified atom stereocenters. The SMILES string of the molecule is COc1c(/C=C/c2cccs2)cc2c3c1CCCN3CCC2. The molecule has 0 saturated heterocycles. The Morgan fingerprint density at radius 2 is 2.05 bits per heavy atom. The summed E-state index contributed by atoms with van der Waals surface area (Å²) in [6.45, 7) is 2.40. The number of methoxy groups -OCH3 is 1. The molecule has 1 aromatic heterocycles. The molecule has 22 heavy (non-hydrogen) atoms. The molecular weight excluding hydrogens is 290 g/mol. The van der Waals surface area contributed by atoms with Gasteiger partial charge in [-0.05, 0) is 60.9 Å². The maximum absolute atomic E-state index is 5.81. The van der Waals surface area contributed by atoms with Crippen LogP contribution in [0.5, 0.6) is 5.75 Å². The van der Waals surface area contributed by atoms with Crippen molar-refractivity contribution in [1.82, 2.24) is 0 Å². The minimum atomic E-state index is 1.08. The van der Waals surface area contributed by atoms with E-state index in [1.54, 1.807) is 11.3 Å². The van der Waals surface area contributed by atoms with E-state index in [1.165, 1.54) is 59.6 Å². The highest BCUT2D eigenvalue weighted by Crippen LogP contribution is 2.42. The van der Waals surface area contributed by atoms with Gasteiger partial charge in [0.25, 0.3) is 0 Å². The van der Waals surface area contributed by atoms with Crippen molar-refractivity contribution in [3.05, 3.63) is 45.1 Å². The third-order valence-electron chi connectivity index (χ3n) is 4.68. The predicted octanol–water partition coefficient (Wildman–Crippen LogP) is 4.63. The van der Waals surface area contributed by atoms with Crippen molar-refractivity contribution in [3.63, 3.8) is 0 Å². The van der Waals surface area contributed by atoms with Crippen LogP contribution in [0, 0.1) is 0 Å². The Kier molecular flexibility index (Phi) is 3.67. The van der Waals surface area contributed by atoms with E-state index in [-0.39, 0.29) is 0 Å². The van der Waals surface area contributed by atoms with Crippen LogP contribution in [0.15, 0.2) is 23.6 Å². The summed E-state index contributed by atoms with van der Waals surface area (Å²) >= 11 is 1.77. The lowest BCUT2D eigenvalue weighted by Crippen LogP contribution is -2.34. The van der Waals surface area contributed by atoms with Crippen LogP contribution >= 0.6 is 11.3 Å². The van der Waals surface area contributed by atoms with Gasteiger partial charge in [-0.15, -0.1) is 11.3 Å². The van der Waals surface area contributed by atoms with Crippen molar-refractivity contribution in [2.75, 3.05) is 25.1 Å². The van der Waals surface area contributed by atoms with Crippen LogP contribution in [0.3, 0.4) is 0 Å². The molecule has 0 saturated carbocycles. The normalized spacial score (nSPS) is 16.9. The van der Waals surface area contributed by atoms with E-state index in [0.717, 1.165) is 12.2 Å². The number of anilines is 1. The van der Waals surface area contributed by atoms with Crippen molar-refractivity contribution >= 4 is 29.2 Å². The number of hydrogen-bond donors (Lipinski definition) is 0. The maximum Gasteiger partial charge on any atom is 0.131 e. The van der Waals surface area contributed by atoms with Crippen LogP contribution in [0.2, 0.25) is 0 Å². The van der Waals surface area contributed by atoms with Crippen molar-refractivity contribution in [2.45, 2.75) is 25.7 Å². The van der Waals surface area contributed by atoms with Gasteiger partial charge < -0.3 is 9.64 Å². The highest BCUT2D eigenvalue weighted by atomic mass is 32.1. The number of benzene rings is 1. The number of nitrogens with zero attached hydrogens (tertiary/aromatic N) is 1. The summed E-state index contributed by atoms with van der Waals surface area (Å²) in [7, 11) is 1.81. The van der Waals surface area contributed by atoms with E-state index >= 15 is 0 Å². The molecule has 3 heterocycles. The summed E-state index contributed by atoms with van der Waals surface area (Å²) in [5, 5.41) is 2.12. The molecule has 0 atom stereocenters. The second-order valence-electron chi connectivity index (χ2n) is 6.03. The molecule has 0 spiro atoms. The summed E-state index contributed by atoms with van der Waals surface area (Å²) in [4.78, 5) is 3.85. The first-order chi connectivity index (χ1) is 10.9. The zero-order chi connectivity index (χ0) is 14.9. The van der Waals surface area contributed by atoms with E-state index < -0.39 is 0 Å². The molecule has 0 radical (unpaired) electrons. The zero-order valence-electron chi connectivity index (χ0n) is 13.0. The van der Waals surface area contributed by atoms with Crippen molar-refractivity contribution in [1.29, 1.82) is 0 Å². The van der Waals surface area contributed by atoms with Crippen molar-refractivity contribution in [3.8, 4) is 5.75 Å². The second-order valence-corrected chi connectivity index (χ2v) is 7.01. The van der Waals surface area contributed by atoms with E-state index in [2.05, 4.69) is 40.6 Å². The largest absolute Gasteiger partial charge is 0.496 e. The molecule has 2 aliphatic heterocycles. The quantitative estimate of drug-likeness (QED) is 0.819. The Morgan fingerprint density at radius 1 is 1.18 bits per heavy atom. The van der Waals surface area contributed by atoms with Gasteiger partial charge in [-0.1, -0.05) is 6.07 Å². The third kappa shape index (κ3) is 2.34. The average molecular weight is 311 g/mol. The highest BCUT2D eigenvalue weighted by molar-refractivity contribution is 7.10. The molecule has 4 rings (SSSR count). The fraction of sp³-hybridized carbons (Fsp3) is 0.368. The third-order valence-corrected chi connectivity index (χ3v) is 5.51. The summed E-state index contributed by atoms with van der Waals surface area (Å²) < 4.78 is 5.81. The molecule has 0 N–H and O–H groups in total. The van der Waals surface area contributed by atoms with Gasteiger partial charge in [0.05, 0.1) is 7.11 Å². The van der Waals surface area contributed by atoms with Crippen LogP contribution in [0.4, 0.5) is 5.69 Å². The molecule has 3 heteroatoms. The van der Waals surface area contributed by atoms with Crippen LogP contribution in [0.1, 0.15) is 34.4 Å². The molecule has 1 aromatic carbocycles. The molecular formula is C19H21NOS. The lowest BCUT2D eigenvalue weighted by molar-refractivity contribution is 0.406. The van der Waals surface area contributed by atoms with Crippen LogP contribution in [0.25, 0.3) is 12.2 Å². The van der Waals surface area contributed by atoms with E-state index in [9.17, 15) is 0 Å². The Balaban J connectivity index is 1.82. The smallest absolute Gasteiger partial charge is 0.131 e. The lowest BCUT2D eigenvalue weighted by Gasteiger charge is -2.38. The van der Waals surface area contributed by atoms with Crippen molar-refractivity contribution < 1.29 is 4.74 Å². The van der Waals surface area contributed by atoms with Gasteiger partial charge in [-0.2, -0.15) is 0 Å². The van der Waals surface area contributed by atoms with Crippen LogP contribution in [-0.4, -0.2) is 20.2 Å². The summed E-state index contributed by atoms with van der Waals surface area (Å²) in [6, 6.07) is 6.59. The Bertz CT molecular complexity index is 701. The molecule has 2 aliphatic rings. The van der Waals surface area contributed by atoms with Crippen LogP contribution in [-0.2, 0) is 12.8 Å². The lowest BCUT2D eigenvalue weighted by atomic mass is 9.89. The first-order valence-electron chi connectivity index (χ1n) is 8.06. The standard InChI is InChI=1S/C19H21NOS/c1-21-19-15(8-9-16-6-4-12-22-16)13-14-5-2-10-20-11-3-7-17(19)18(14)20/h4,6,8-9,12-13H,2-3,5,7,10-11H2,1H3/b9-8+. The monoisotopic (exact) mass is 311 g/mol. The van der Waals surface area contributed by atoms with Gasteiger partial charge in [0.2, 0.25) is 0 Å². The predicted molar refractivity (Wildman–Crippen MR) is 95.1 cm³/mol. The average Bonchev–Trinajstić information content (AvgIpc) is 3.07. The molecule has 0 amide bonds. The van der Waals surface area contributed by atoms with Crippen LogP contribution < -0.4 is 9.64 Å². The highest BCUT2D eigenvalue weighted by Gasteiger charge is 2.27. The number of rotatable bonds is 3. The minimum Gasteiger partial charge on any atom is -0.496 e. The Labute approximate surface area is 136 Å². The van der Waals surface area contributed by atoms with Gasteiger partial charge in [0.15, 0.2) is 0 Å².